The molecule has 1 unspecified atom stereocenters. The first-order chi connectivity index (χ1) is 9.63. The van der Waals surface area contributed by atoms with E-state index in [1.165, 1.54) is 28.4 Å². The van der Waals surface area contributed by atoms with Crippen LogP contribution in [0.5, 0.6) is 0 Å². The van der Waals surface area contributed by atoms with Gasteiger partial charge in [-0.3, -0.25) is 9.69 Å². The van der Waals surface area contributed by atoms with Crippen molar-refractivity contribution in [2.45, 2.75) is 17.3 Å². The zero-order chi connectivity index (χ0) is 14.3. The summed E-state index contributed by atoms with van der Waals surface area (Å²) in [7, 11) is 0. The Hall–Kier alpha value is -1.73. The van der Waals surface area contributed by atoms with Crippen LogP contribution >= 0.6 is 23.5 Å². The Morgan fingerprint density at radius 1 is 1.55 bits per heavy atom. The molecule has 20 heavy (non-hydrogen) atoms. The van der Waals surface area contributed by atoms with Gasteiger partial charge in [-0.05, 0) is 19.1 Å². The Kier molecular flexibility index (Phi) is 3.31. The number of fused-ring (bicyclic) bond motifs is 1. The van der Waals surface area contributed by atoms with Gasteiger partial charge in [-0.2, -0.15) is 0 Å². The summed E-state index contributed by atoms with van der Waals surface area (Å²) in [6.45, 7) is 1.79. The fraction of sp³-hybridized carbons (Fsp3) is 0.154. The van der Waals surface area contributed by atoms with Crippen molar-refractivity contribution in [3.8, 4) is 0 Å². The number of carbonyl (C=O) groups is 2. The summed E-state index contributed by atoms with van der Waals surface area (Å²) >= 11 is 2.67. The normalized spacial score (nSPS) is 23.1. The lowest BCUT2D eigenvalue weighted by Gasteiger charge is -2.36. The summed E-state index contributed by atoms with van der Waals surface area (Å²) in [5, 5.41) is 9.85. The number of thioether (sulfide) groups is 2. The summed E-state index contributed by atoms with van der Waals surface area (Å²) in [6.07, 6.45) is 3.39. The van der Waals surface area contributed by atoms with Crippen LogP contribution < -0.4 is 0 Å². The minimum atomic E-state index is -1.08. The summed E-state index contributed by atoms with van der Waals surface area (Å²) < 4.78 is 0.603. The first-order valence-corrected chi connectivity index (χ1v) is 7.56. The molecule has 1 N–H and O–H groups in total. The lowest BCUT2D eigenvalue weighted by molar-refractivity contribution is -0.141. The maximum absolute atomic E-state index is 11.9. The molecule has 1 saturated heterocycles. The molecule has 7 heteroatoms. The minimum Gasteiger partial charge on any atom is -0.477 e. The van der Waals surface area contributed by atoms with E-state index in [0.29, 0.717) is 14.8 Å². The average Bonchev–Trinajstić information content (AvgIpc) is 2.76. The molecule has 2 aliphatic rings. The van der Waals surface area contributed by atoms with E-state index in [9.17, 15) is 14.7 Å². The number of carboxylic acids is 1. The zero-order valence-corrected chi connectivity index (χ0v) is 12.1. The molecule has 1 aromatic heterocycles. The lowest BCUT2D eigenvalue weighted by atomic mass is 10.1. The second-order valence-electron chi connectivity index (χ2n) is 4.10. The van der Waals surface area contributed by atoms with Crippen LogP contribution in [0.2, 0.25) is 0 Å². The molecule has 0 bridgehead atoms. The highest BCUT2D eigenvalue weighted by Crippen LogP contribution is 2.53. The van der Waals surface area contributed by atoms with Crippen molar-refractivity contribution in [2.75, 3.05) is 0 Å². The summed E-state index contributed by atoms with van der Waals surface area (Å²) in [4.78, 5) is 28.8. The van der Waals surface area contributed by atoms with E-state index in [1.54, 1.807) is 25.3 Å². The molecule has 0 saturated carbocycles. The third kappa shape index (κ3) is 1.94. The van der Waals surface area contributed by atoms with Crippen LogP contribution in [0.1, 0.15) is 6.92 Å². The Morgan fingerprint density at radius 2 is 2.35 bits per heavy atom. The number of aliphatic carboxylic acids is 1. The van der Waals surface area contributed by atoms with Crippen LogP contribution in [-0.2, 0) is 9.59 Å². The molecule has 3 rings (SSSR count). The van der Waals surface area contributed by atoms with Gasteiger partial charge in [-0.1, -0.05) is 35.7 Å². The third-order valence-corrected chi connectivity index (χ3v) is 5.43. The van der Waals surface area contributed by atoms with E-state index in [4.69, 9.17) is 0 Å². The number of aromatic nitrogens is 1. The van der Waals surface area contributed by atoms with E-state index < -0.39 is 5.97 Å². The smallest absolute Gasteiger partial charge is 0.354 e. The van der Waals surface area contributed by atoms with E-state index >= 15 is 0 Å². The molecular formula is C13H10N2O3S2. The molecule has 0 radical (unpaired) electrons. The number of amides is 1. The van der Waals surface area contributed by atoms with Gasteiger partial charge in [0.05, 0.1) is 4.24 Å². The molecule has 0 aliphatic carbocycles. The quantitative estimate of drug-likeness (QED) is 0.682. The van der Waals surface area contributed by atoms with Crippen LogP contribution in [0, 0.1) is 0 Å². The highest BCUT2D eigenvalue weighted by molar-refractivity contribution is 8.22. The topological polar surface area (TPSA) is 70.5 Å². The van der Waals surface area contributed by atoms with Crippen LogP contribution in [0.4, 0.5) is 0 Å². The van der Waals surface area contributed by atoms with Gasteiger partial charge in [0.1, 0.15) is 10.4 Å². The summed E-state index contributed by atoms with van der Waals surface area (Å²) in [5.74, 6) is -1.30. The van der Waals surface area contributed by atoms with Gasteiger partial charge in [-0.25, -0.2) is 9.78 Å². The van der Waals surface area contributed by atoms with Crippen molar-refractivity contribution in [1.29, 1.82) is 0 Å². The van der Waals surface area contributed by atoms with Crippen molar-refractivity contribution < 1.29 is 14.7 Å². The van der Waals surface area contributed by atoms with Gasteiger partial charge >= 0.3 is 5.97 Å². The summed E-state index contributed by atoms with van der Waals surface area (Å²) in [5.41, 5.74) is 0.719. The Balaban J connectivity index is 1.94. The lowest BCUT2D eigenvalue weighted by Crippen LogP contribution is -2.51. The molecule has 1 aromatic rings. The van der Waals surface area contributed by atoms with E-state index in [-0.39, 0.29) is 17.0 Å². The molecule has 1 atom stereocenters. The Labute approximate surface area is 123 Å². The number of hydrogen-bond acceptors (Lipinski definition) is 5. The molecule has 2 aliphatic heterocycles. The molecule has 3 heterocycles. The van der Waals surface area contributed by atoms with Gasteiger partial charge < -0.3 is 5.11 Å². The fourth-order valence-corrected chi connectivity index (χ4v) is 4.67. The van der Waals surface area contributed by atoms with Crippen LogP contribution in [-0.4, -0.2) is 32.2 Å². The second kappa shape index (κ2) is 4.99. The van der Waals surface area contributed by atoms with Gasteiger partial charge in [0.2, 0.25) is 0 Å². The van der Waals surface area contributed by atoms with Gasteiger partial charge in [0.25, 0.3) is 5.91 Å². The predicted octanol–water partition coefficient (Wildman–Crippen LogP) is 2.29. The number of carboxylic acid groups (broad SMARTS) is 1. The van der Waals surface area contributed by atoms with Crippen molar-refractivity contribution in [2.24, 2.45) is 0 Å². The standard InChI is InChI=1S/C13H10N2O3S2/c1-2-7-10(16)15-9(12(17)18)13(20-11(7)15)19-8-5-3-4-6-14-8/h2-6,11H,1H3,(H,17,18). The van der Waals surface area contributed by atoms with Crippen LogP contribution in [0.3, 0.4) is 0 Å². The molecule has 1 amide bonds. The number of hydrogen-bond donors (Lipinski definition) is 1. The first kappa shape index (κ1) is 13.3. The third-order valence-electron chi connectivity index (χ3n) is 2.97. The van der Waals surface area contributed by atoms with Crippen LogP contribution in [0.25, 0.3) is 0 Å². The highest BCUT2D eigenvalue weighted by Gasteiger charge is 2.52. The van der Waals surface area contributed by atoms with E-state index in [1.807, 2.05) is 12.1 Å². The zero-order valence-electron chi connectivity index (χ0n) is 10.4. The minimum absolute atomic E-state index is 0.0613. The number of pyridine rings is 1. The largest absolute Gasteiger partial charge is 0.477 e. The molecule has 102 valence electrons. The molecule has 0 spiro atoms. The van der Waals surface area contributed by atoms with Crippen molar-refractivity contribution in [3.63, 3.8) is 0 Å². The molecular weight excluding hydrogens is 296 g/mol. The fourth-order valence-electron chi connectivity index (χ4n) is 2.05. The molecule has 5 nitrogen and oxygen atoms in total. The molecule has 0 aromatic carbocycles. The van der Waals surface area contributed by atoms with E-state index in [2.05, 4.69) is 4.98 Å². The maximum atomic E-state index is 11.9. The first-order valence-electron chi connectivity index (χ1n) is 5.86. The monoisotopic (exact) mass is 306 g/mol. The Morgan fingerprint density at radius 3 is 2.95 bits per heavy atom. The average molecular weight is 306 g/mol. The number of carbonyl (C=O) groups excluding carboxylic acids is 1. The second-order valence-corrected chi connectivity index (χ2v) is 6.48. The van der Waals surface area contributed by atoms with Crippen LogP contribution in [0.15, 0.2) is 51.0 Å². The van der Waals surface area contributed by atoms with Gasteiger partial charge in [0.15, 0.2) is 5.70 Å². The van der Waals surface area contributed by atoms with Gasteiger partial charge in [0, 0.05) is 11.8 Å². The van der Waals surface area contributed by atoms with E-state index in [0.717, 1.165) is 0 Å². The van der Waals surface area contributed by atoms with Crippen molar-refractivity contribution >= 4 is 35.4 Å². The van der Waals surface area contributed by atoms with Gasteiger partial charge in [-0.15, -0.1) is 0 Å². The summed E-state index contributed by atoms with van der Waals surface area (Å²) in [6, 6.07) is 5.45. The predicted molar refractivity (Wildman–Crippen MR) is 76.7 cm³/mol. The SMILES string of the molecule is CC=C1C(=O)N2C(C(=O)O)=C(Sc3ccccn3)SC12. The highest BCUT2D eigenvalue weighted by atomic mass is 32.2. The Bertz CT molecular complexity index is 655. The number of rotatable bonds is 3. The number of β-lactam (4-membered cyclic amide) rings is 1. The van der Waals surface area contributed by atoms with Crippen molar-refractivity contribution in [3.05, 3.63) is 46.0 Å². The number of nitrogens with zero attached hydrogens (tertiary/aromatic N) is 2. The maximum Gasteiger partial charge on any atom is 0.354 e. The number of allylic oxidation sites excluding steroid dienone is 1. The molecule has 1 fully saturated rings. The van der Waals surface area contributed by atoms with Crippen molar-refractivity contribution in [1.82, 2.24) is 9.88 Å².